The minimum Gasteiger partial charge on any atom is -0.477 e. The van der Waals surface area contributed by atoms with Gasteiger partial charge in [-0.3, -0.25) is 9.80 Å². The molecule has 0 aromatic heterocycles. The molecule has 1 fully saturated rings. The smallest absolute Gasteiger partial charge is 0.352 e. The molecule has 0 bridgehead atoms. The Bertz CT molecular complexity index is 611. The molecule has 3 rings (SSSR count). The van der Waals surface area contributed by atoms with Gasteiger partial charge in [0.15, 0.2) is 0 Å². The van der Waals surface area contributed by atoms with Crippen LogP contribution >= 0.6 is 0 Å². The lowest BCUT2D eigenvalue weighted by molar-refractivity contribution is -0.129. The third kappa shape index (κ3) is 3.50. The summed E-state index contributed by atoms with van der Waals surface area (Å²) in [4.78, 5) is 23.8. The van der Waals surface area contributed by atoms with Crippen LogP contribution in [0.4, 0.5) is 5.69 Å². The SMILES string of the molecule is O=C(O)C1=NN(c2ccccc2)[C@@H](C(=O)N[C@@H]2CCCOC2)C1. The molecule has 122 valence electrons. The van der Waals surface area contributed by atoms with Crippen molar-refractivity contribution in [2.24, 2.45) is 5.10 Å². The first-order valence-corrected chi connectivity index (χ1v) is 7.68. The molecular weight excluding hydrogens is 298 g/mol. The largest absolute Gasteiger partial charge is 0.477 e. The first kappa shape index (κ1) is 15.5. The van der Waals surface area contributed by atoms with Gasteiger partial charge in [-0.1, -0.05) is 18.2 Å². The number of para-hydroxylation sites is 1. The lowest BCUT2D eigenvalue weighted by atomic mass is 10.1. The zero-order chi connectivity index (χ0) is 16.2. The average Bonchev–Trinajstić information content (AvgIpc) is 3.02. The Morgan fingerprint density at radius 1 is 1.30 bits per heavy atom. The molecule has 1 amide bonds. The molecule has 2 N–H and O–H groups in total. The normalized spacial score (nSPS) is 24.2. The van der Waals surface area contributed by atoms with Gasteiger partial charge in [-0.05, 0) is 25.0 Å². The number of ether oxygens (including phenoxy) is 1. The van der Waals surface area contributed by atoms with Crippen LogP contribution in [0, 0.1) is 0 Å². The van der Waals surface area contributed by atoms with Crippen molar-refractivity contribution in [3.63, 3.8) is 0 Å². The van der Waals surface area contributed by atoms with Crippen LogP contribution in [-0.4, -0.2) is 48.0 Å². The molecule has 2 aliphatic heterocycles. The Kier molecular flexibility index (Phi) is 4.57. The molecule has 1 aromatic rings. The average molecular weight is 317 g/mol. The number of anilines is 1. The molecule has 0 radical (unpaired) electrons. The molecule has 1 aromatic carbocycles. The van der Waals surface area contributed by atoms with Crippen molar-refractivity contribution in [3.05, 3.63) is 30.3 Å². The number of carbonyl (C=O) groups is 2. The number of hydrazone groups is 1. The summed E-state index contributed by atoms with van der Waals surface area (Å²) in [5, 5.41) is 17.7. The molecule has 7 heteroatoms. The van der Waals surface area contributed by atoms with Crippen molar-refractivity contribution >= 4 is 23.3 Å². The molecule has 23 heavy (non-hydrogen) atoms. The van der Waals surface area contributed by atoms with Crippen LogP contribution in [0.5, 0.6) is 0 Å². The number of amides is 1. The first-order chi connectivity index (χ1) is 11.1. The molecule has 0 spiro atoms. The van der Waals surface area contributed by atoms with E-state index in [2.05, 4.69) is 10.4 Å². The quantitative estimate of drug-likeness (QED) is 0.864. The van der Waals surface area contributed by atoms with Gasteiger partial charge in [0, 0.05) is 13.0 Å². The maximum absolute atomic E-state index is 12.6. The molecule has 1 saturated heterocycles. The van der Waals surface area contributed by atoms with Crippen molar-refractivity contribution in [2.45, 2.75) is 31.3 Å². The van der Waals surface area contributed by atoms with E-state index in [-0.39, 0.29) is 24.1 Å². The summed E-state index contributed by atoms with van der Waals surface area (Å²) in [5.74, 6) is -1.31. The second-order valence-corrected chi connectivity index (χ2v) is 5.67. The van der Waals surface area contributed by atoms with E-state index < -0.39 is 12.0 Å². The highest BCUT2D eigenvalue weighted by atomic mass is 16.5. The van der Waals surface area contributed by atoms with Gasteiger partial charge in [0.05, 0.1) is 18.3 Å². The summed E-state index contributed by atoms with van der Waals surface area (Å²) in [6.07, 6.45) is 1.87. The maximum atomic E-state index is 12.6. The lowest BCUT2D eigenvalue weighted by Crippen LogP contribution is -2.49. The van der Waals surface area contributed by atoms with Gasteiger partial charge in [0.25, 0.3) is 0 Å². The van der Waals surface area contributed by atoms with Crippen LogP contribution < -0.4 is 10.3 Å². The second-order valence-electron chi connectivity index (χ2n) is 5.67. The van der Waals surface area contributed by atoms with Crippen LogP contribution in [0.25, 0.3) is 0 Å². The van der Waals surface area contributed by atoms with Gasteiger partial charge < -0.3 is 15.2 Å². The standard InChI is InChI=1S/C16H19N3O4/c20-15(17-11-5-4-8-23-10-11)14-9-13(16(21)22)18-19(14)12-6-2-1-3-7-12/h1-3,6-7,11,14H,4-5,8-10H2,(H,17,20)(H,21,22)/t11-,14-/m1/s1. The van der Waals surface area contributed by atoms with E-state index in [0.29, 0.717) is 12.3 Å². The van der Waals surface area contributed by atoms with E-state index in [1.807, 2.05) is 18.2 Å². The highest BCUT2D eigenvalue weighted by Crippen LogP contribution is 2.25. The van der Waals surface area contributed by atoms with Crippen LogP contribution in [0.3, 0.4) is 0 Å². The number of hydrogen-bond donors (Lipinski definition) is 2. The number of aliphatic carboxylic acids is 1. The van der Waals surface area contributed by atoms with Crippen molar-refractivity contribution in [1.29, 1.82) is 0 Å². The first-order valence-electron chi connectivity index (χ1n) is 7.68. The highest BCUT2D eigenvalue weighted by Gasteiger charge is 2.37. The van der Waals surface area contributed by atoms with Crippen molar-refractivity contribution < 1.29 is 19.4 Å². The fourth-order valence-electron chi connectivity index (χ4n) is 2.81. The number of hydrogen-bond acceptors (Lipinski definition) is 5. The van der Waals surface area contributed by atoms with Crippen molar-refractivity contribution in [2.75, 3.05) is 18.2 Å². The Hall–Kier alpha value is -2.41. The molecular formula is C16H19N3O4. The maximum Gasteiger partial charge on any atom is 0.352 e. The Balaban J connectivity index is 1.76. The minimum absolute atomic E-state index is 0.00565. The molecule has 7 nitrogen and oxygen atoms in total. The van der Waals surface area contributed by atoms with Gasteiger partial charge in [0.2, 0.25) is 5.91 Å². The number of nitrogens with one attached hydrogen (secondary N) is 1. The summed E-state index contributed by atoms with van der Waals surface area (Å²) in [6.45, 7) is 1.22. The number of benzene rings is 1. The number of nitrogens with zero attached hydrogens (tertiary/aromatic N) is 2. The number of carbonyl (C=O) groups excluding carboxylic acids is 1. The predicted molar refractivity (Wildman–Crippen MR) is 84.4 cm³/mol. The fraction of sp³-hybridized carbons (Fsp3) is 0.438. The zero-order valence-electron chi connectivity index (χ0n) is 12.6. The molecule has 2 heterocycles. The topological polar surface area (TPSA) is 91.2 Å². The molecule has 0 aliphatic carbocycles. The molecule has 0 saturated carbocycles. The van der Waals surface area contributed by atoms with Gasteiger partial charge in [-0.2, -0.15) is 5.10 Å². The minimum atomic E-state index is -1.10. The van der Waals surface area contributed by atoms with Crippen molar-refractivity contribution in [1.82, 2.24) is 5.32 Å². The summed E-state index contributed by atoms with van der Waals surface area (Å²) in [7, 11) is 0. The van der Waals surface area contributed by atoms with E-state index in [1.165, 1.54) is 5.01 Å². The van der Waals surface area contributed by atoms with E-state index in [1.54, 1.807) is 12.1 Å². The van der Waals surface area contributed by atoms with Crippen LogP contribution in [0.1, 0.15) is 19.3 Å². The second kappa shape index (κ2) is 6.78. The van der Waals surface area contributed by atoms with Crippen LogP contribution in [0.15, 0.2) is 35.4 Å². The zero-order valence-corrected chi connectivity index (χ0v) is 12.6. The molecule has 2 aliphatic rings. The van der Waals surface area contributed by atoms with E-state index in [4.69, 9.17) is 4.74 Å². The van der Waals surface area contributed by atoms with Crippen molar-refractivity contribution in [3.8, 4) is 0 Å². The third-order valence-electron chi connectivity index (χ3n) is 3.99. The van der Waals surface area contributed by atoms with E-state index in [0.717, 1.165) is 19.4 Å². The van der Waals surface area contributed by atoms with Gasteiger partial charge in [-0.15, -0.1) is 0 Å². The summed E-state index contributed by atoms with van der Waals surface area (Å²) in [6, 6.07) is 8.45. The fourth-order valence-corrected chi connectivity index (χ4v) is 2.81. The number of carboxylic acid groups (broad SMARTS) is 1. The van der Waals surface area contributed by atoms with E-state index in [9.17, 15) is 14.7 Å². The van der Waals surface area contributed by atoms with Gasteiger partial charge >= 0.3 is 5.97 Å². The van der Waals surface area contributed by atoms with Crippen LogP contribution in [-0.2, 0) is 14.3 Å². The molecule has 2 atom stereocenters. The number of rotatable bonds is 4. The van der Waals surface area contributed by atoms with Crippen LogP contribution in [0.2, 0.25) is 0 Å². The highest BCUT2D eigenvalue weighted by molar-refractivity contribution is 6.37. The molecule has 0 unspecified atom stereocenters. The summed E-state index contributed by atoms with van der Waals surface area (Å²) in [5.41, 5.74) is 0.692. The summed E-state index contributed by atoms with van der Waals surface area (Å²) < 4.78 is 5.37. The Morgan fingerprint density at radius 3 is 2.74 bits per heavy atom. The lowest BCUT2D eigenvalue weighted by Gasteiger charge is -2.27. The van der Waals surface area contributed by atoms with Gasteiger partial charge in [-0.25, -0.2) is 4.79 Å². The Labute approximate surface area is 133 Å². The van der Waals surface area contributed by atoms with E-state index >= 15 is 0 Å². The number of carboxylic acids is 1. The Morgan fingerprint density at radius 2 is 2.09 bits per heavy atom. The monoisotopic (exact) mass is 317 g/mol. The van der Waals surface area contributed by atoms with Gasteiger partial charge in [0.1, 0.15) is 11.8 Å². The third-order valence-corrected chi connectivity index (χ3v) is 3.99. The predicted octanol–water partition coefficient (Wildman–Crippen LogP) is 1.00. The summed E-state index contributed by atoms with van der Waals surface area (Å²) >= 11 is 0.